The standard InChI is InChI=1S/C40H75NO7Si3/c1-17-51(18-2,19-3)48-35(40(11,44-12)26-23-27-46-49(13,14)38(5,6)7)29-34(47-50(15,16)39(8,9)10)31(4)36(42)41-33(30-45-37(41)43)28-32-24-21-20-22-25-32/h20-22,24-25,31,33-35H,17-19,23,26-30H2,1-16H3/t31-,33-,34+,35-,40-/m1/s1. The van der Waals surface area contributed by atoms with Crippen molar-refractivity contribution in [3.05, 3.63) is 35.9 Å². The van der Waals surface area contributed by atoms with Crippen LogP contribution >= 0.6 is 0 Å². The van der Waals surface area contributed by atoms with Crippen LogP contribution in [0.2, 0.25) is 54.4 Å². The Hall–Kier alpha value is -1.35. The molecule has 51 heavy (non-hydrogen) atoms. The van der Waals surface area contributed by atoms with E-state index in [1.54, 1.807) is 7.11 Å². The van der Waals surface area contributed by atoms with Crippen LogP contribution in [0.25, 0.3) is 0 Å². The first kappa shape index (κ1) is 45.8. The summed E-state index contributed by atoms with van der Waals surface area (Å²) in [5, 5.41) is 0.0455. The van der Waals surface area contributed by atoms with Gasteiger partial charge in [-0.15, -0.1) is 0 Å². The maximum Gasteiger partial charge on any atom is 0.416 e. The molecular weight excluding hydrogens is 691 g/mol. The third-order valence-corrected chi connectivity index (χ3v) is 26.4. The number of hydrogen-bond acceptors (Lipinski definition) is 7. The fourth-order valence-corrected chi connectivity index (χ4v) is 11.8. The summed E-state index contributed by atoms with van der Waals surface area (Å²) in [6.07, 6.45) is 1.20. The summed E-state index contributed by atoms with van der Waals surface area (Å²) in [5.41, 5.74) is 0.414. The van der Waals surface area contributed by atoms with Crippen molar-refractivity contribution in [3.63, 3.8) is 0 Å². The molecule has 0 unspecified atom stereocenters. The van der Waals surface area contributed by atoms with Crippen LogP contribution in [0, 0.1) is 5.92 Å². The number of methoxy groups -OCH3 is 1. The lowest BCUT2D eigenvalue weighted by molar-refractivity contribution is -0.139. The fourth-order valence-electron chi connectivity index (χ4n) is 6.35. The van der Waals surface area contributed by atoms with Crippen molar-refractivity contribution in [1.29, 1.82) is 0 Å². The maximum absolute atomic E-state index is 14.6. The summed E-state index contributed by atoms with van der Waals surface area (Å²) in [5.74, 6) is -0.870. The third-order valence-electron chi connectivity index (χ3n) is 12.7. The van der Waals surface area contributed by atoms with Gasteiger partial charge in [0, 0.05) is 20.1 Å². The number of nitrogens with zero attached hydrogens (tertiary/aromatic N) is 1. The number of ether oxygens (including phenoxy) is 2. The molecule has 0 N–H and O–H groups in total. The Kier molecular flexibility index (Phi) is 16.5. The largest absolute Gasteiger partial charge is 0.447 e. The number of hydrogen-bond donors (Lipinski definition) is 0. The van der Waals surface area contributed by atoms with Crippen molar-refractivity contribution < 1.29 is 32.3 Å². The van der Waals surface area contributed by atoms with Crippen LogP contribution in [0.4, 0.5) is 4.79 Å². The van der Waals surface area contributed by atoms with E-state index in [1.807, 2.05) is 37.3 Å². The minimum absolute atomic E-state index is 0.0901. The van der Waals surface area contributed by atoms with Crippen LogP contribution < -0.4 is 0 Å². The number of rotatable bonds is 20. The van der Waals surface area contributed by atoms with E-state index in [2.05, 4.69) is 95.4 Å². The van der Waals surface area contributed by atoms with Gasteiger partial charge in [-0.2, -0.15) is 0 Å². The Labute approximate surface area is 315 Å². The van der Waals surface area contributed by atoms with Gasteiger partial charge in [0.2, 0.25) is 5.91 Å². The average molecular weight is 766 g/mol. The van der Waals surface area contributed by atoms with Gasteiger partial charge in [0.1, 0.15) is 6.61 Å². The Balaban J connectivity index is 2.55. The van der Waals surface area contributed by atoms with E-state index >= 15 is 0 Å². The molecule has 1 aliphatic rings. The highest BCUT2D eigenvalue weighted by atomic mass is 28.4. The van der Waals surface area contributed by atoms with E-state index in [4.69, 9.17) is 22.8 Å². The highest BCUT2D eigenvalue weighted by molar-refractivity contribution is 6.74. The van der Waals surface area contributed by atoms with Crippen LogP contribution in [0.1, 0.15) is 101 Å². The van der Waals surface area contributed by atoms with Gasteiger partial charge in [-0.05, 0) is 86.1 Å². The van der Waals surface area contributed by atoms with Crippen molar-refractivity contribution >= 4 is 37.0 Å². The van der Waals surface area contributed by atoms with Crippen LogP contribution in [0.15, 0.2) is 30.3 Å². The topological polar surface area (TPSA) is 83.5 Å². The SMILES string of the molecule is CC[Si](CC)(CC)O[C@H](C[C@H](O[Si](C)(C)C(C)(C)C)[C@@H](C)C(=O)N1C(=O)OC[C@H]1Cc1ccccc1)[C@@](C)(CCCO[Si](C)(C)C(C)(C)C)OC. The number of amides is 2. The Morgan fingerprint density at radius 2 is 1.45 bits per heavy atom. The molecule has 0 aliphatic carbocycles. The predicted octanol–water partition coefficient (Wildman–Crippen LogP) is 10.6. The Morgan fingerprint density at radius 3 is 1.94 bits per heavy atom. The molecule has 11 heteroatoms. The van der Waals surface area contributed by atoms with E-state index in [0.29, 0.717) is 19.4 Å². The number of benzene rings is 1. The lowest BCUT2D eigenvalue weighted by Crippen LogP contribution is -2.55. The molecule has 1 fully saturated rings. The molecule has 1 aromatic carbocycles. The van der Waals surface area contributed by atoms with E-state index in [1.165, 1.54) is 4.90 Å². The first-order chi connectivity index (χ1) is 23.4. The normalized spacial score (nSPS) is 19.4. The zero-order chi connectivity index (χ0) is 39.1. The lowest BCUT2D eigenvalue weighted by atomic mass is 9.86. The molecule has 1 aliphatic heterocycles. The molecule has 8 nitrogen and oxygen atoms in total. The minimum Gasteiger partial charge on any atom is -0.447 e. The summed E-state index contributed by atoms with van der Waals surface area (Å²) in [6, 6.07) is 12.6. The molecule has 2 rings (SSSR count). The lowest BCUT2D eigenvalue weighted by Gasteiger charge is -2.46. The smallest absolute Gasteiger partial charge is 0.416 e. The van der Waals surface area contributed by atoms with Gasteiger partial charge < -0.3 is 22.8 Å². The van der Waals surface area contributed by atoms with Crippen LogP contribution in [-0.4, -0.2) is 86.0 Å². The molecule has 0 bridgehead atoms. The minimum atomic E-state index is -2.39. The zero-order valence-electron chi connectivity index (χ0n) is 35.4. The number of carbonyl (C=O) groups excluding carboxylic acids is 2. The van der Waals surface area contributed by atoms with E-state index in [0.717, 1.165) is 36.5 Å². The van der Waals surface area contributed by atoms with Gasteiger partial charge in [0.25, 0.3) is 0 Å². The van der Waals surface area contributed by atoms with Crippen LogP contribution in [0.3, 0.4) is 0 Å². The van der Waals surface area contributed by atoms with E-state index in [-0.39, 0.29) is 34.7 Å². The second-order valence-electron chi connectivity index (χ2n) is 18.1. The van der Waals surface area contributed by atoms with Gasteiger partial charge in [0.15, 0.2) is 25.0 Å². The van der Waals surface area contributed by atoms with Crippen LogP contribution in [-0.2, 0) is 34.0 Å². The quantitative estimate of drug-likeness (QED) is 0.0965. The zero-order valence-corrected chi connectivity index (χ0v) is 38.4. The van der Waals surface area contributed by atoms with Crippen molar-refractivity contribution in [2.24, 2.45) is 5.92 Å². The fraction of sp³-hybridized carbons (Fsp3) is 0.800. The highest BCUT2D eigenvalue weighted by Gasteiger charge is 2.49. The van der Waals surface area contributed by atoms with Crippen molar-refractivity contribution in [1.82, 2.24) is 4.90 Å². The Bertz CT molecular complexity index is 1230. The molecule has 1 saturated heterocycles. The van der Waals surface area contributed by atoms with E-state index < -0.39 is 48.7 Å². The molecule has 0 radical (unpaired) electrons. The van der Waals surface area contributed by atoms with Crippen molar-refractivity contribution in [3.8, 4) is 0 Å². The summed E-state index contributed by atoms with van der Waals surface area (Å²) in [6.45, 7) is 34.2. The average Bonchev–Trinajstić information content (AvgIpc) is 3.42. The van der Waals surface area contributed by atoms with Gasteiger partial charge in [-0.3, -0.25) is 4.79 Å². The van der Waals surface area contributed by atoms with Gasteiger partial charge >= 0.3 is 6.09 Å². The number of carbonyl (C=O) groups is 2. The van der Waals surface area contributed by atoms with Gasteiger partial charge in [0.05, 0.1) is 29.8 Å². The molecule has 1 heterocycles. The molecule has 2 amide bonds. The molecule has 0 aromatic heterocycles. The summed E-state index contributed by atoms with van der Waals surface area (Å²) >= 11 is 0. The van der Waals surface area contributed by atoms with E-state index in [9.17, 15) is 9.59 Å². The molecule has 5 atom stereocenters. The first-order valence-corrected chi connectivity index (χ1v) is 27.9. The second-order valence-corrected chi connectivity index (χ2v) is 32.4. The third kappa shape index (κ3) is 11.8. The molecular formula is C40H75NO7Si3. The maximum atomic E-state index is 14.6. The molecule has 0 spiro atoms. The number of imide groups is 1. The summed E-state index contributed by atoms with van der Waals surface area (Å²) < 4.78 is 33.2. The monoisotopic (exact) mass is 765 g/mol. The number of cyclic esters (lactones) is 1. The molecule has 294 valence electrons. The molecule has 1 aromatic rings. The van der Waals surface area contributed by atoms with Gasteiger partial charge in [-0.25, -0.2) is 9.69 Å². The second kappa shape index (κ2) is 18.3. The predicted molar refractivity (Wildman–Crippen MR) is 218 cm³/mol. The van der Waals surface area contributed by atoms with Crippen LogP contribution in [0.5, 0.6) is 0 Å². The summed E-state index contributed by atoms with van der Waals surface area (Å²) in [4.78, 5) is 29.1. The Morgan fingerprint density at radius 1 is 0.902 bits per heavy atom. The molecule has 0 saturated carbocycles. The first-order valence-electron chi connectivity index (χ1n) is 19.5. The highest BCUT2D eigenvalue weighted by Crippen LogP contribution is 2.42. The van der Waals surface area contributed by atoms with Crippen molar-refractivity contribution in [2.75, 3.05) is 20.3 Å². The summed E-state index contributed by atoms with van der Waals surface area (Å²) in [7, 11) is -4.65. The van der Waals surface area contributed by atoms with Gasteiger partial charge in [-0.1, -0.05) is 99.6 Å². The van der Waals surface area contributed by atoms with Crippen molar-refractivity contribution in [2.45, 2.75) is 180 Å².